The molecule has 0 aromatic rings. The molecule has 3 heteroatoms. The summed E-state index contributed by atoms with van der Waals surface area (Å²) in [5.41, 5.74) is 2.08. The second-order valence-electron chi connectivity index (χ2n) is 4.00. The Morgan fingerprint density at radius 1 is 1.29 bits per heavy atom. The van der Waals surface area contributed by atoms with E-state index in [1.54, 1.807) is 13.1 Å². The van der Waals surface area contributed by atoms with Crippen LogP contribution >= 0.6 is 0 Å². The summed E-state index contributed by atoms with van der Waals surface area (Å²) in [7, 11) is 0. The van der Waals surface area contributed by atoms with Crippen molar-refractivity contribution in [1.29, 1.82) is 0 Å². The van der Waals surface area contributed by atoms with E-state index in [1.807, 2.05) is 19.9 Å². The molecule has 0 radical (unpaired) electrons. The quantitative estimate of drug-likeness (QED) is 0.624. The molecule has 0 unspecified atom stereocenters. The van der Waals surface area contributed by atoms with Crippen LogP contribution in [0.1, 0.15) is 46.5 Å². The summed E-state index contributed by atoms with van der Waals surface area (Å²) in [6.45, 7) is 10.3. The van der Waals surface area contributed by atoms with Crippen LogP contribution in [0.3, 0.4) is 0 Å². The highest BCUT2D eigenvalue weighted by Crippen LogP contribution is 2.05. The predicted octanol–water partition coefficient (Wildman–Crippen LogP) is 3.23. The van der Waals surface area contributed by atoms with E-state index in [-0.39, 0.29) is 5.78 Å². The minimum Gasteiger partial charge on any atom is -0.388 e. The highest BCUT2D eigenvalue weighted by molar-refractivity contribution is 5.75. The summed E-state index contributed by atoms with van der Waals surface area (Å²) in [4.78, 5) is 15.0. The molecule has 3 nitrogen and oxygen atoms in total. The summed E-state index contributed by atoms with van der Waals surface area (Å²) in [5.74, 6) is 0.242. The van der Waals surface area contributed by atoms with Crippen LogP contribution in [0, 0.1) is 0 Å². The lowest BCUT2D eigenvalue weighted by molar-refractivity contribution is -0.117. The first-order chi connectivity index (χ1) is 8.10. The SMILES string of the molecule is C=C(CCCC(C)=O)NCC/C(=C/C)N=CC. The van der Waals surface area contributed by atoms with E-state index in [2.05, 4.69) is 16.9 Å². The summed E-state index contributed by atoms with van der Waals surface area (Å²) in [6, 6.07) is 0. The third kappa shape index (κ3) is 9.54. The summed E-state index contributed by atoms with van der Waals surface area (Å²) in [5, 5.41) is 3.26. The highest BCUT2D eigenvalue weighted by atomic mass is 16.1. The molecule has 0 aliphatic carbocycles. The number of nitrogens with one attached hydrogen (secondary N) is 1. The van der Waals surface area contributed by atoms with Gasteiger partial charge in [0.1, 0.15) is 5.78 Å². The van der Waals surface area contributed by atoms with Gasteiger partial charge in [0.15, 0.2) is 0 Å². The smallest absolute Gasteiger partial charge is 0.129 e. The number of Topliss-reactive ketones (excluding diaryl/α,β-unsaturated/α-hetero) is 1. The largest absolute Gasteiger partial charge is 0.388 e. The van der Waals surface area contributed by atoms with E-state index >= 15 is 0 Å². The number of rotatable bonds is 9. The Kier molecular flexibility index (Phi) is 9.02. The van der Waals surface area contributed by atoms with Crippen molar-refractivity contribution in [3.63, 3.8) is 0 Å². The third-order valence-electron chi connectivity index (χ3n) is 2.39. The van der Waals surface area contributed by atoms with E-state index < -0.39 is 0 Å². The maximum atomic E-state index is 10.8. The number of aliphatic imine (C=N–C) groups is 1. The van der Waals surface area contributed by atoms with E-state index in [0.717, 1.165) is 37.2 Å². The first kappa shape index (κ1) is 15.6. The van der Waals surface area contributed by atoms with Gasteiger partial charge in [-0.25, -0.2) is 0 Å². The molecular formula is C14H24N2O. The van der Waals surface area contributed by atoms with E-state index in [4.69, 9.17) is 0 Å². The molecule has 0 amide bonds. The van der Waals surface area contributed by atoms with Crippen molar-refractivity contribution in [1.82, 2.24) is 5.32 Å². The lowest BCUT2D eigenvalue weighted by Crippen LogP contribution is -2.14. The van der Waals surface area contributed by atoms with E-state index in [9.17, 15) is 4.79 Å². The molecular weight excluding hydrogens is 212 g/mol. The average Bonchev–Trinajstić information content (AvgIpc) is 2.27. The number of ketones is 1. The topological polar surface area (TPSA) is 41.5 Å². The molecule has 0 heterocycles. The molecule has 0 aromatic heterocycles. The fourth-order valence-electron chi connectivity index (χ4n) is 1.46. The summed E-state index contributed by atoms with van der Waals surface area (Å²) in [6.07, 6.45) is 7.09. The van der Waals surface area contributed by atoms with Crippen molar-refractivity contribution in [3.8, 4) is 0 Å². The van der Waals surface area contributed by atoms with Crippen molar-refractivity contribution in [2.24, 2.45) is 4.99 Å². The maximum Gasteiger partial charge on any atom is 0.129 e. The van der Waals surface area contributed by atoms with Gasteiger partial charge in [0.25, 0.3) is 0 Å². The van der Waals surface area contributed by atoms with Crippen LogP contribution in [-0.4, -0.2) is 18.5 Å². The zero-order valence-electron chi connectivity index (χ0n) is 11.3. The Hall–Kier alpha value is -1.38. The number of carbonyl (C=O) groups is 1. The van der Waals surface area contributed by atoms with Crippen molar-refractivity contribution in [2.45, 2.75) is 46.5 Å². The van der Waals surface area contributed by atoms with E-state index in [0.29, 0.717) is 6.42 Å². The Bertz CT molecular complexity index is 303. The minimum atomic E-state index is 0.242. The second-order valence-corrected chi connectivity index (χ2v) is 4.00. The Balaban J connectivity index is 3.67. The molecule has 96 valence electrons. The fourth-order valence-corrected chi connectivity index (χ4v) is 1.46. The van der Waals surface area contributed by atoms with Crippen LogP contribution in [0.2, 0.25) is 0 Å². The lowest BCUT2D eigenvalue weighted by Gasteiger charge is -2.09. The monoisotopic (exact) mass is 236 g/mol. The van der Waals surface area contributed by atoms with Gasteiger partial charge in [0, 0.05) is 37.0 Å². The van der Waals surface area contributed by atoms with Gasteiger partial charge in [-0.3, -0.25) is 4.99 Å². The van der Waals surface area contributed by atoms with Gasteiger partial charge in [0.2, 0.25) is 0 Å². The lowest BCUT2D eigenvalue weighted by atomic mass is 10.1. The van der Waals surface area contributed by atoms with Crippen LogP contribution in [-0.2, 0) is 4.79 Å². The zero-order valence-corrected chi connectivity index (χ0v) is 11.3. The molecule has 0 aromatic carbocycles. The molecule has 0 bridgehead atoms. The first-order valence-electron chi connectivity index (χ1n) is 6.15. The second kappa shape index (κ2) is 9.82. The molecule has 0 aliphatic rings. The Morgan fingerprint density at radius 3 is 2.53 bits per heavy atom. The Labute approximate surface area is 105 Å². The number of allylic oxidation sites excluding steroid dienone is 2. The molecule has 0 fully saturated rings. The third-order valence-corrected chi connectivity index (χ3v) is 2.39. The Morgan fingerprint density at radius 2 is 2.00 bits per heavy atom. The van der Waals surface area contributed by atoms with Crippen LogP contribution in [0.15, 0.2) is 29.0 Å². The van der Waals surface area contributed by atoms with Gasteiger partial charge in [-0.05, 0) is 33.6 Å². The van der Waals surface area contributed by atoms with Crippen LogP contribution in [0.5, 0.6) is 0 Å². The first-order valence-corrected chi connectivity index (χ1v) is 6.15. The number of hydrogen-bond donors (Lipinski definition) is 1. The van der Waals surface area contributed by atoms with Crippen LogP contribution in [0.4, 0.5) is 0 Å². The van der Waals surface area contributed by atoms with Crippen molar-refractivity contribution in [3.05, 3.63) is 24.0 Å². The van der Waals surface area contributed by atoms with Gasteiger partial charge >= 0.3 is 0 Å². The van der Waals surface area contributed by atoms with Crippen molar-refractivity contribution >= 4 is 12.0 Å². The van der Waals surface area contributed by atoms with Gasteiger partial charge in [-0.1, -0.05) is 12.7 Å². The zero-order chi connectivity index (χ0) is 13.1. The van der Waals surface area contributed by atoms with Crippen LogP contribution in [0.25, 0.3) is 0 Å². The minimum absolute atomic E-state index is 0.242. The van der Waals surface area contributed by atoms with Crippen LogP contribution < -0.4 is 5.32 Å². The van der Waals surface area contributed by atoms with Gasteiger partial charge in [0.05, 0.1) is 0 Å². The molecule has 0 saturated carbocycles. The standard InChI is InChI=1S/C14H24N2O/c1-5-14(15-6-2)10-11-16-12(3)8-7-9-13(4)17/h5-6,16H,3,7-11H2,1-2,4H3/b14-5-,15-6?. The average molecular weight is 236 g/mol. The number of carbonyl (C=O) groups excluding carboxylic acids is 1. The normalized spacial score (nSPS) is 11.8. The number of nitrogens with zero attached hydrogens (tertiary/aromatic N) is 1. The summed E-state index contributed by atoms with van der Waals surface area (Å²) >= 11 is 0. The fraction of sp³-hybridized carbons (Fsp3) is 0.571. The van der Waals surface area contributed by atoms with Gasteiger partial charge < -0.3 is 10.1 Å². The molecule has 0 saturated heterocycles. The predicted molar refractivity (Wildman–Crippen MR) is 74.2 cm³/mol. The van der Waals surface area contributed by atoms with Crippen molar-refractivity contribution < 1.29 is 4.79 Å². The van der Waals surface area contributed by atoms with Crippen molar-refractivity contribution in [2.75, 3.05) is 6.54 Å². The molecule has 0 aliphatic heterocycles. The summed E-state index contributed by atoms with van der Waals surface area (Å²) < 4.78 is 0. The van der Waals surface area contributed by atoms with Gasteiger partial charge in [-0.2, -0.15) is 0 Å². The highest BCUT2D eigenvalue weighted by Gasteiger charge is 1.98. The molecule has 1 N–H and O–H groups in total. The molecule has 17 heavy (non-hydrogen) atoms. The van der Waals surface area contributed by atoms with E-state index in [1.165, 1.54) is 0 Å². The number of hydrogen-bond acceptors (Lipinski definition) is 3. The maximum absolute atomic E-state index is 10.8. The molecule has 0 spiro atoms. The molecule has 0 atom stereocenters. The molecule has 0 rings (SSSR count). The van der Waals surface area contributed by atoms with Gasteiger partial charge in [-0.15, -0.1) is 0 Å².